The molecule has 0 bridgehead atoms. The Labute approximate surface area is 116 Å². The molecule has 2 N–H and O–H groups in total. The minimum atomic E-state index is -0.244. The highest BCUT2D eigenvalue weighted by Crippen LogP contribution is 2.35. The molecule has 0 aromatic heterocycles. The van der Waals surface area contributed by atoms with E-state index in [4.69, 9.17) is 14.6 Å². The molecule has 1 spiro atoms. The van der Waals surface area contributed by atoms with Gasteiger partial charge in [0.1, 0.15) is 0 Å². The van der Waals surface area contributed by atoms with Gasteiger partial charge in [-0.15, -0.1) is 0 Å². The van der Waals surface area contributed by atoms with Gasteiger partial charge in [0.25, 0.3) is 0 Å². The second-order valence-corrected chi connectivity index (χ2v) is 5.96. The molecule has 1 saturated carbocycles. The van der Waals surface area contributed by atoms with Crippen LogP contribution in [0.5, 0.6) is 0 Å². The van der Waals surface area contributed by atoms with E-state index in [-0.39, 0.29) is 5.79 Å². The van der Waals surface area contributed by atoms with Gasteiger partial charge >= 0.3 is 0 Å². The Bertz CT molecular complexity index is 238. The third-order valence-electron chi connectivity index (χ3n) is 4.49. The van der Waals surface area contributed by atoms with Crippen LogP contribution in [0.15, 0.2) is 0 Å². The fourth-order valence-electron chi connectivity index (χ4n) is 3.32. The van der Waals surface area contributed by atoms with Crippen molar-refractivity contribution in [2.75, 3.05) is 26.4 Å². The van der Waals surface area contributed by atoms with E-state index in [9.17, 15) is 0 Å². The third-order valence-corrected chi connectivity index (χ3v) is 4.49. The zero-order valence-corrected chi connectivity index (χ0v) is 12.2. The summed E-state index contributed by atoms with van der Waals surface area (Å²) in [5, 5.41) is 12.8. The highest BCUT2D eigenvalue weighted by Gasteiger charge is 2.40. The quantitative estimate of drug-likeness (QED) is 0.744. The van der Waals surface area contributed by atoms with E-state index in [1.807, 2.05) is 0 Å². The molecule has 0 radical (unpaired) electrons. The molecule has 2 fully saturated rings. The number of ether oxygens (including phenoxy) is 2. The van der Waals surface area contributed by atoms with Crippen molar-refractivity contribution in [3.05, 3.63) is 0 Å². The van der Waals surface area contributed by atoms with Crippen molar-refractivity contribution in [1.82, 2.24) is 5.32 Å². The predicted octanol–water partition coefficient (Wildman–Crippen LogP) is 2.06. The van der Waals surface area contributed by atoms with Crippen LogP contribution < -0.4 is 5.32 Å². The molecule has 4 nitrogen and oxygen atoms in total. The van der Waals surface area contributed by atoms with E-state index >= 15 is 0 Å². The highest BCUT2D eigenvalue weighted by molar-refractivity contribution is 4.85. The van der Waals surface area contributed by atoms with E-state index in [0.29, 0.717) is 18.6 Å². The summed E-state index contributed by atoms with van der Waals surface area (Å²) in [6.07, 6.45) is 7.63. The summed E-state index contributed by atoms with van der Waals surface area (Å²) in [6, 6.07) is 0.594. The molecule has 1 aliphatic heterocycles. The fourth-order valence-corrected chi connectivity index (χ4v) is 3.32. The smallest absolute Gasteiger partial charge is 0.168 e. The molecule has 1 aliphatic carbocycles. The van der Waals surface area contributed by atoms with Gasteiger partial charge in [0.15, 0.2) is 5.79 Å². The molecule has 1 saturated heterocycles. The maximum atomic E-state index is 9.08. The Balaban J connectivity index is 1.67. The number of hydrogen-bond acceptors (Lipinski definition) is 4. The molecule has 1 unspecified atom stereocenters. The molecule has 1 atom stereocenters. The summed E-state index contributed by atoms with van der Waals surface area (Å²) in [6.45, 7) is 5.07. The summed E-state index contributed by atoms with van der Waals surface area (Å²) < 4.78 is 11.5. The first kappa shape index (κ1) is 15.2. The van der Waals surface area contributed by atoms with Crippen LogP contribution >= 0.6 is 0 Å². The van der Waals surface area contributed by atoms with Gasteiger partial charge in [-0.2, -0.15) is 0 Å². The molecule has 112 valence electrons. The Hall–Kier alpha value is -0.160. The molecule has 0 aromatic carbocycles. The van der Waals surface area contributed by atoms with Crippen molar-refractivity contribution in [3.63, 3.8) is 0 Å². The molecule has 2 aliphatic rings. The van der Waals surface area contributed by atoms with Crippen molar-refractivity contribution >= 4 is 0 Å². The van der Waals surface area contributed by atoms with Crippen molar-refractivity contribution in [3.8, 4) is 0 Å². The summed E-state index contributed by atoms with van der Waals surface area (Å²) in [7, 11) is 0. The van der Waals surface area contributed by atoms with Gasteiger partial charge in [0.05, 0.1) is 13.2 Å². The van der Waals surface area contributed by atoms with Gasteiger partial charge in [0, 0.05) is 25.5 Å². The van der Waals surface area contributed by atoms with Crippen LogP contribution in [0.25, 0.3) is 0 Å². The average molecular weight is 271 g/mol. The van der Waals surface area contributed by atoms with Gasteiger partial charge in [-0.1, -0.05) is 13.3 Å². The van der Waals surface area contributed by atoms with Gasteiger partial charge in [0.2, 0.25) is 0 Å². The van der Waals surface area contributed by atoms with Crippen LogP contribution in [0.1, 0.15) is 51.9 Å². The Morgan fingerprint density at radius 2 is 1.89 bits per heavy atom. The fraction of sp³-hybridized carbons (Fsp3) is 1.00. The van der Waals surface area contributed by atoms with Crippen LogP contribution in [0.4, 0.5) is 0 Å². The highest BCUT2D eigenvalue weighted by atomic mass is 16.7. The SMILES string of the molecule is CCCC(CCO)CNC1CCC2(CC1)OCCO2. The first-order valence-corrected chi connectivity index (χ1v) is 7.90. The summed E-state index contributed by atoms with van der Waals surface area (Å²) in [5.41, 5.74) is 0. The zero-order chi connectivity index (χ0) is 13.6. The standard InChI is InChI=1S/C15H29NO3/c1-2-3-13(6-9-17)12-16-14-4-7-15(8-5-14)18-10-11-19-15/h13-14,16-17H,2-12H2,1H3. The number of hydrogen-bond donors (Lipinski definition) is 2. The van der Waals surface area contributed by atoms with Crippen molar-refractivity contribution in [1.29, 1.82) is 0 Å². The van der Waals surface area contributed by atoms with Gasteiger partial charge in [-0.3, -0.25) is 0 Å². The average Bonchev–Trinajstić information content (AvgIpc) is 2.87. The Morgan fingerprint density at radius 1 is 1.21 bits per heavy atom. The molecular weight excluding hydrogens is 242 g/mol. The number of nitrogens with one attached hydrogen (secondary N) is 1. The lowest BCUT2D eigenvalue weighted by atomic mass is 9.89. The molecule has 0 aromatic rings. The van der Waals surface area contributed by atoms with Gasteiger partial charge in [-0.05, 0) is 38.1 Å². The number of rotatable bonds is 7. The zero-order valence-electron chi connectivity index (χ0n) is 12.2. The molecular formula is C15H29NO3. The van der Waals surface area contributed by atoms with Crippen molar-refractivity contribution in [2.24, 2.45) is 5.92 Å². The number of aliphatic hydroxyl groups is 1. The normalized spacial score (nSPS) is 24.9. The second-order valence-electron chi connectivity index (χ2n) is 5.96. The Kier molecular flexibility index (Phi) is 6.07. The van der Waals surface area contributed by atoms with Crippen LogP contribution in [0.2, 0.25) is 0 Å². The molecule has 2 rings (SSSR count). The van der Waals surface area contributed by atoms with Crippen molar-refractivity contribution in [2.45, 2.75) is 63.7 Å². The van der Waals surface area contributed by atoms with Crippen molar-refractivity contribution < 1.29 is 14.6 Å². The second kappa shape index (κ2) is 7.58. The first-order chi connectivity index (χ1) is 9.28. The Morgan fingerprint density at radius 3 is 2.47 bits per heavy atom. The number of aliphatic hydroxyl groups excluding tert-OH is 1. The first-order valence-electron chi connectivity index (χ1n) is 7.90. The molecule has 0 amide bonds. The van der Waals surface area contributed by atoms with Crippen LogP contribution in [-0.4, -0.2) is 43.3 Å². The predicted molar refractivity (Wildman–Crippen MR) is 75.0 cm³/mol. The topological polar surface area (TPSA) is 50.7 Å². The van der Waals surface area contributed by atoms with E-state index in [0.717, 1.165) is 51.9 Å². The van der Waals surface area contributed by atoms with Gasteiger partial charge in [-0.25, -0.2) is 0 Å². The minimum absolute atomic E-state index is 0.244. The van der Waals surface area contributed by atoms with Crippen LogP contribution in [-0.2, 0) is 9.47 Å². The largest absolute Gasteiger partial charge is 0.396 e. The lowest BCUT2D eigenvalue weighted by molar-refractivity contribution is -0.179. The monoisotopic (exact) mass is 271 g/mol. The molecule has 1 heterocycles. The summed E-state index contributed by atoms with van der Waals surface area (Å²) >= 11 is 0. The summed E-state index contributed by atoms with van der Waals surface area (Å²) in [5.74, 6) is 0.372. The van der Waals surface area contributed by atoms with Crippen LogP contribution in [0, 0.1) is 5.92 Å². The lowest BCUT2D eigenvalue weighted by Gasteiger charge is -2.36. The maximum absolute atomic E-state index is 9.08. The lowest BCUT2D eigenvalue weighted by Crippen LogP contribution is -2.43. The van der Waals surface area contributed by atoms with Gasteiger partial charge < -0.3 is 19.9 Å². The third kappa shape index (κ3) is 4.42. The van der Waals surface area contributed by atoms with E-state index < -0.39 is 0 Å². The van der Waals surface area contributed by atoms with E-state index in [1.54, 1.807) is 0 Å². The maximum Gasteiger partial charge on any atom is 0.168 e. The molecule has 19 heavy (non-hydrogen) atoms. The summed E-state index contributed by atoms with van der Waals surface area (Å²) in [4.78, 5) is 0. The van der Waals surface area contributed by atoms with E-state index in [2.05, 4.69) is 12.2 Å². The van der Waals surface area contributed by atoms with E-state index in [1.165, 1.54) is 12.8 Å². The molecule has 4 heteroatoms. The minimum Gasteiger partial charge on any atom is -0.396 e. The van der Waals surface area contributed by atoms with Crippen LogP contribution in [0.3, 0.4) is 0 Å².